The normalized spacial score (nSPS) is 13.3. The van der Waals surface area contributed by atoms with Gasteiger partial charge in [-0.25, -0.2) is 4.98 Å². The number of hydrogen-bond acceptors (Lipinski definition) is 6. The van der Waals surface area contributed by atoms with Gasteiger partial charge in [0.15, 0.2) is 0 Å². The largest absolute Gasteiger partial charge is 0.450 e. The van der Waals surface area contributed by atoms with Crippen molar-refractivity contribution >= 4 is 5.78 Å². The summed E-state index contributed by atoms with van der Waals surface area (Å²) in [6, 6.07) is 0. The third-order valence-electron chi connectivity index (χ3n) is 2.28. The third kappa shape index (κ3) is 2.75. The number of hydrogen-bond donors (Lipinski definition) is 0. The minimum absolute atomic E-state index is 0.0232. The highest BCUT2D eigenvalue weighted by atomic mass is 19.4. The minimum Gasteiger partial charge on any atom is -0.338 e. The molecule has 0 bridgehead atoms. The molecule has 0 fully saturated rings. The predicted molar refractivity (Wildman–Crippen MR) is 54.8 cm³/mol. The van der Waals surface area contributed by atoms with Crippen LogP contribution in [0.4, 0.5) is 13.2 Å². The number of nitrogens with zero attached hydrogens (tertiary/aromatic N) is 4. The van der Waals surface area contributed by atoms with E-state index < -0.39 is 23.8 Å². The quantitative estimate of drug-likeness (QED) is 0.846. The Hall–Kier alpha value is -2.32. The van der Waals surface area contributed by atoms with E-state index in [2.05, 4.69) is 24.6 Å². The van der Waals surface area contributed by atoms with Crippen molar-refractivity contribution in [1.29, 1.82) is 0 Å². The van der Waals surface area contributed by atoms with Crippen LogP contribution in [-0.2, 0) is 4.79 Å². The van der Waals surface area contributed by atoms with Gasteiger partial charge in [-0.05, 0) is 6.92 Å². The Kier molecular flexibility index (Phi) is 3.28. The summed E-state index contributed by atoms with van der Waals surface area (Å²) in [5.41, 5.74) is 0.240. The number of rotatable bonds is 3. The number of ketones is 1. The molecule has 0 radical (unpaired) electrons. The summed E-state index contributed by atoms with van der Waals surface area (Å²) in [7, 11) is 0. The molecule has 0 saturated heterocycles. The molecule has 0 aliphatic rings. The molecule has 0 amide bonds. The number of carbonyl (C=O) groups is 1. The minimum atomic E-state index is -4.94. The fourth-order valence-corrected chi connectivity index (χ4v) is 1.29. The molecule has 0 N–H and O–H groups in total. The zero-order chi connectivity index (χ0) is 14.0. The zero-order valence-corrected chi connectivity index (χ0v) is 9.55. The topological polar surface area (TPSA) is 81.8 Å². The van der Waals surface area contributed by atoms with Gasteiger partial charge in [0, 0.05) is 12.4 Å². The second-order valence-corrected chi connectivity index (χ2v) is 3.63. The van der Waals surface area contributed by atoms with Crippen LogP contribution in [0.25, 0.3) is 11.5 Å². The summed E-state index contributed by atoms with van der Waals surface area (Å²) in [5, 5.41) is 3.46. The van der Waals surface area contributed by atoms with E-state index in [0.717, 1.165) is 6.92 Å². The Morgan fingerprint density at radius 1 is 1.37 bits per heavy atom. The molecule has 100 valence electrons. The summed E-state index contributed by atoms with van der Waals surface area (Å²) in [6.45, 7) is 1.05. The standard InChI is InChI=1S/C10H7F3N4O2/c1-5(7(18)10(11,12)13)9-16-8(17-19-9)6-4-14-2-3-15-6/h2-5H,1H3. The molecule has 6 nitrogen and oxygen atoms in total. The molecule has 0 aliphatic heterocycles. The van der Waals surface area contributed by atoms with E-state index in [9.17, 15) is 18.0 Å². The molecular formula is C10H7F3N4O2. The van der Waals surface area contributed by atoms with Crippen molar-refractivity contribution in [3.63, 3.8) is 0 Å². The first-order valence-corrected chi connectivity index (χ1v) is 5.10. The van der Waals surface area contributed by atoms with Crippen molar-refractivity contribution in [2.45, 2.75) is 19.0 Å². The van der Waals surface area contributed by atoms with Crippen LogP contribution in [0.2, 0.25) is 0 Å². The van der Waals surface area contributed by atoms with Crippen molar-refractivity contribution in [2.24, 2.45) is 0 Å². The lowest BCUT2D eigenvalue weighted by molar-refractivity contribution is -0.172. The molecule has 2 aromatic rings. The number of alkyl halides is 3. The van der Waals surface area contributed by atoms with E-state index in [-0.39, 0.29) is 11.5 Å². The van der Waals surface area contributed by atoms with E-state index in [4.69, 9.17) is 0 Å². The summed E-state index contributed by atoms with van der Waals surface area (Å²) >= 11 is 0. The van der Waals surface area contributed by atoms with Crippen molar-refractivity contribution < 1.29 is 22.5 Å². The molecule has 9 heteroatoms. The number of Topliss-reactive ketones (excluding diaryl/α,β-unsaturated/α-hetero) is 1. The van der Waals surface area contributed by atoms with Gasteiger partial charge >= 0.3 is 6.18 Å². The highest BCUT2D eigenvalue weighted by molar-refractivity contribution is 5.89. The fourth-order valence-electron chi connectivity index (χ4n) is 1.29. The second kappa shape index (κ2) is 4.75. The Bertz CT molecular complexity index is 582. The Balaban J connectivity index is 2.25. The second-order valence-electron chi connectivity index (χ2n) is 3.63. The average Bonchev–Trinajstić information content (AvgIpc) is 2.86. The number of halogens is 3. The third-order valence-corrected chi connectivity index (χ3v) is 2.28. The van der Waals surface area contributed by atoms with Gasteiger partial charge < -0.3 is 4.52 Å². The molecule has 0 aromatic carbocycles. The highest BCUT2D eigenvalue weighted by Crippen LogP contribution is 2.27. The number of carbonyl (C=O) groups excluding carboxylic acids is 1. The van der Waals surface area contributed by atoms with E-state index in [0.29, 0.717) is 0 Å². The first kappa shape index (κ1) is 13.1. The molecule has 19 heavy (non-hydrogen) atoms. The van der Waals surface area contributed by atoms with Crippen molar-refractivity contribution in [1.82, 2.24) is 20.1 Å². The monoisotopic (exact) mass is 272 g/mol. The van der Waals surface area contributed by atoms with Gasteiger partial charge in [0.25, 0.3) is 0 Å². The van der Waals surface area contributed by atoms with Gasteiger partial charge in [0.2, 0.25) is 17.5 Å². The SMILES string of the molecule is CC(C(=O)C(F)(F)F)c1nc(-c2cnccn2)no1. The summed E-state index contributed by atoms with van der Waals surface area (Å²) < 4.78 is 41.4. The van der Waals surface area contributed by atoms with Crippen molar-refractivity contribution in [2.75, 3.05) is 0 Å². The maximum absolute atomic E-state index is 12.3. The van der Waals surface area contributed by atoms with Crippen LogP contribution in [0.1, 0.15) is 18.7 Å². The van der Waals surface area contributed by atoms with Crippen LogP contribution in [0.5, 0.6) is 0 Å². The lowest BCUT2D eigenvalue weighted by Crippen LogP contribution is -2.27. The van der Waals surface area contributed by atoms with Crippen molar-refractivity contribution in [3.05, 3.63) is 24.5 Å². The van der Waals surface area contributed by atoms with E-state index in [1.165, 1.54) is 18.6 Å². The molecule has 2 heterocycles. The van der Waals surface area contributed by atoms with Gasteiger partial charge in [-0.15, -0.1) is 0 Å². The fraction of sp³-hybridized carbons (Fsp3) is 0.300. The number of aromatic nitrogens is 4. The summed E-state index contributed by atoms with van der Waals surface area (Å²) in [5.74, 6) is -3.94. The predicted octanol–water partition coefficient (Wildman–Crippen LogP) is 1.76. The van der Waals surface area contributed by atoms with Crippen LogP contribution >= 0.6 is 0 Å². The van der Waals surface area contributed by atoms with Gasteiger partial charge in [0.1, 0.15) is 11.6 Å². The van der Waals surface area contributed by atoms with Crippen LogP contribution < -0.4 is 0 Å². The first-order chi connectivity index (χ1) is 8.89. The van der Waals surface area contributed by atoms with Crippen LogP contribution in [0.3, 0.4) is 0 Å². The molecule has 2 rings (SSSR count). The van der Waals surface area contributed by atoms with Gasteiger partial charge in [-0.2, -0.15) is 18.2 Å². The van der Waals surface area contributed by atoms with Crippen LogP contribution in [-0.4, -0.2) is 32.1 Å². The molecule has 1 atom stereocenters. The summed E-state index contributed by atoms with van der Waals surface area (Å²) in [4.78, 5) is 22.4. The molecule has 0 aliphatic carbocycles. The zero-order valence-electron chi connectivity index (χ0n) is 9.55. The first-order valence-electron chi connectivity index (χ1n) is 5.10. The maximum atomic E-state index is 12.3. The lowest BCUT2D eigenvalue weighted by Gasteiger charge is -2.07. The van der Waals surface area contributed by atoms with Gasteiger partial charge in [0.05, 0.1) is 6.20 Å². The highest BCUT2D eigenvalue weighted by Gasteiger charge is 2.44. The molecule has 2 aromatic heterocycles. The lowest BCUT2D eigenvalue weighted by atomic mass is 10.1. The molecule has 1 unspecified atom stereocenters. The summed E-state index contributed by atoms with van der Waals surface area (Å²) in [6.07, 6.45) is -0.832. The van der Waals surface area contributed by atoms with Gasteiger partial charge in [-0.1, -0.05) is 5.16 Å². The molecule has 0 spiro atoms. The Morgan fingerprint density at radius 3 is 2.68 bits per heavy atom. The Labute approximate surface area is 104 Å². The van der Waals surface area contributed by atoms with E-state index in [1.807, 2.05) is 0 Å². The average molecular weight is 272 g/mol. The van der Waals surface area contributed by atoms with Crippen LogP contribution in [0.15, 0.2) is 23.1 Å². The van der Waals surface area contributed by atoms with Gasteiger partial charge in [-0.3, -0.25) is 9.78 Å². The molecular weight excluding hydrogens is 265 g/mol. The van der Waals surface area contributed by atoms with Crippen molar-refractivity contribution in [3.8, 4) is 11.5 Å². The van der Waals surface area contributed by atoms with E-state index in [1.54, 1.807) is 0 Å². The molecule has 0 saturated carbocycles. The van der Waals surface area contributed by atoms with E-state index >= 15 is 0 Å². The van der Waals surface area contributed by atoms with Crippen LogP contribution in [0, 0.1) is 0 Å². The Morgan fingerprint density at radius 2 is 2.11 bits per heavy atom. The smallest absolute Gasteiger partial charge is 0.338 e. The maximum Gasteiger partial charge on any atom is 0.450 e.